The summed E-state index contributed by atoms with van der Waals surface area (Å²) in [7, 11) is 1.73. The Morgan fingerprint density at radius 2 is 2.00 bits per heavy atom. The highest BCUT2D eigenvalue weighted by atomic mass is 16.5. The second-order valence-corrected chi connectivity index (χ2v) is 6.79. The van der Waals surface area contributed by atoms with Crippen molar-refractivity contribution in [2.45, 2.75) is 32.2 Å². The first kappa shape index (κ1) is 12.8. The molecule has 0 bridgehead atoms. The van der Waals surface area contributed by atoms with E-state index in [1.807, 2.05) is 6.07 Å². The van der Waals surface area contributed by atoms with Gasteiger partial charge in [-0.2, -0.15) is 0 Å². The van der Waals surface area contributed by atoms with Crippen LogP contribution >= 0.6 is 0 Å². The Morgan fingerprint density at radius 1 is 1.21 bits per heavy atom. The Labute approximate surface area is 115 Å². The van der Waals surface area contributed by atoms with E-state index >= 15 is 0 Å². The van der Waals surface area contributed by atoms with Crippen LogP contribution in [0.25, 0.3) is 0 Å². The third-order valence-electron chi connectivity index (χ3n) is 4.43. The molecule has 3 heteroatoms. The van der Waals surface area contributed by atoms with Crippen LogP contribution in [-0.2, 0) is 0 Å². The van der Waals surface area contributed by atoms with Gasteiger partial charge in [0.2, 0.25) is 0 Å². The molecule has 3 nitrogen and oxygen atoms in total. The quantitative estimate of drug-likeness (QED) is 0.885. The first-order valence-corrected chi connectivity index (χ1v) is 7.16. The lowest BCUT2D eigenvalue weighted by molar-refractivity contribution is 0.389. The van der Waals surface area contributed by atoms with Gasteiger partial charge in [-0.15, -0.1) is 0 Å². The summed E-state index contributed by atoms with van der Waals surface area (Å²) in [6, 6.07) is 8.44. The molecule has 1 saturated heterocycles. The van der Waals surface area contributed by atoms with E-state index in [4.69, 9.17) is 4.74 Å². The second-order valence-electron chi connectivity index (χ2n) is 6.79. The highest BCUT2D eigenvalue weighted by molar-refractivity contribution is 5.52. The van der Waals surface area contributed by atoms with Crippen LogP contribution in [0.2, 0.25) is 0 Å². The lowest BCUT2D eigenvalue weighted by Crippen LogP contribution is -2.46. The Hall–Kier alpha value is -1.22. The minimum absolute atomic E-state index is 0.162. The standard InChI is InChI=1S/C16H24N2O/c1-15(2)11-18(12-16(7-8-16)10-17-15)13-5-4-6-14(9-13)19-3/h4-6,9,17H,7-8,10-12H2,1-3H3. The van der Waals surface area contributed by atoms with Crippen molar-refractivity contribution in [3.05, 3.63) is 24.3 Å². The third kappa shape index (κ3) is 2.71. The van der Waals surface area contributed by atoms with Crippen molar-refractivity contribution in [3.8, 4) is 5.75 Å². The minimum atomic E-state index is 0.162. The zero-order chi connectivity index (χ0) is 13.5. The number of anilines is 1. The third-order valence-corrected chi connectivity index (χ3v) is 4.43. The lowest BCUT2D eigenvalue weighted by atomic mass is 10.1. The largest absolute Gasteiger partial charge is 0.497 e. The number of rotatable bonds is 2. The SMILES string of the molecule is COc1cccc(N2CC3(CC3)CNC(C)(C)C2)c1. The molecule has 19 heavy (non-hydrogen) atoms. The van der Waals surface area contributed by atoms with Crippen LogP contribution < -0.4 is 15.0 Å². The molecule has 1 saturated carbocycles. The molecule has 0 unspecified atom stereocenters. The molecule has 1 aliphatic heterocycles. The highest BCUT2D eigenvalue weighted by Crippen LogP contribution is 2.47. The molecule has 1 aliphatic carbocycles. The molecular weight excluding hydrogens is 236 g/mol. The summed E-state index contributed by atoms with van der Waals surface area (Å²) in [6.07, 6.45) is 2.72. The van der Waals surface area contributed by atoms with E-state index in [-0.39, 0.29) is 5.54 Å². The van der Waals surface area contributed by atoms with Gasteiger partial charge in [0.15, 0.2) is 0 Å². The zero-order valence-electron chi connectivity index (χ0n) is 12.2. The molecule has 0 amide bonds. The van der Waals surface area contributed by atoms with Gasteiger partial charge in [-0.05, 0) is 38.8 Å². The number of hydrogen-bond acceptors (Lipinski definition) is 3. The molecule has 1 aromatic carbocycles. The van der Waals surface area contributed by atoms with E-state index < -0.39 is 0 Å². The normalized spacial score (nSPS) is 24.1. The highest BCUT2D eigenvalue weighted by Gasteiger charge is 2.47. The summed E-state index contributed by atoms with van der Waals surface area (Å²) in [4.78, 5) is 2.52. The maximum absolute atomic E-state index is 5.35. The predicted molar refractivity (Wildman–Crippen MR) is 79.0 cm³/mol. The van der Waals surface area contributed by atoms with Crippen molar-refractivity contribution in [1.29, 1.82) is 0 Å². The maximum atomic E-state index is 5.35. The Morgan fingerprint density at radius 3 is 2.68 bits per heavy atom. The monoisotopic (exact) mass is 260 g/mol. The topological polar surface area (TPSA) is 24.5 Å². The number of nitrogens with zero attached hydrogens (tertiary/aromatic N) is 1. The zero-order valence-corrected chi connectivity index (χ0v) is 12.2. The molecule has 2 fully saturated rings. The van der Waals surface area contributed by atoms with E-state index in [2.05, 4.69) is 42.3 Å². The average Bonchev–Trinajstić information content (AvgIpc) is 3.17. The second kappa shape index (κ2) is 4.41. The van der Waals surface area contributed by atoms with Gasteiger partial charge in [-0.3, -0.25) is 0 Å². The number of ether oxygens (including phenoxy) is 1. The number of nitrogens with one attached hydrogen (secondary N) is 1. The molecule has 2 aliphatic rings. The van der Waals surface area contributed by atoms with E-state index in [0.29, 0.717) is 5.41 Å². The van der Waals surface area contributed by atoms with Crippen molar-refractivity contribution >= 4 is 5.69 Å². The molecule has 3 rings (SSSR count). The number of hydrogen-bond donors (Lipinski definition) is 1. The molecule has 0 radical (unpaired) electrons. The summed E-state index contributed by atoms with van der Waals surface area (Å²) in [5.41, 5.74) is 1.95. The van der Waals surface area contributed by atoms with Gasteiger partial charge in [0.25, 0.3) is 0 Å². The van der Waals surface area contributed by atoms with Gasteiger partial charge in [-0.1, -0.05) is 6.07 Å². The summed E-state index contributed by atoms with van der Waals surface area (Å²) < 4.78 is 5.35. The molecule has 1 heterocycles. The Kier molecular flexibility index (Phi) is 2.97. The Bertz CT molecular complexity index is 458. The van der Waals surface area contributed by atoms with Crippen molar-refractivity contribution < 1.29 is 4.74 Å². The molecule has 104 valence electrons. The molecule has 1 N–H and O–H groups in total. The number of benzene rings is 1. The van der Waals surface area contributed by atoms with E-state index in [1.54, 1.807) is 7.11 Å². The molecule has 1 aromatic rings. The fourth-order valence-corrected chi connectivity index (χ4v) is 2.98. The first-order valence-electron chi connectivity index (χ1n) is 7.16. The van der Waals surface area contributed by atoms with Crippen LogP contribution in [0.3, 0.4) is 0 Å². The molecule has 0 atom stereocenters. The van der Waals surface area contributed by atoms with Crippen LogP contribution in [0.15, 0.2) is 24.3 Å². The van der Waals surface area contributed by atoms with Gasteiger partial charge >= 0.3 is 0 Å². The van der Waals surface area contributed by atoms with Gasteiger partial charge in [0.1, 0.15) is 5.75 Å². The minimum Gasteiger partial charge on any atom is -0.497 e. The van der Waals surface area contributed by atoms with Crippen LogP contribution in [-0.4, -0.2) is 32.3 Å². The van der Waals surface area contributed by atoms with E-state index in [0.717, 1.165) is 25.4 Å². The summed E-state index contributed by atoms with van der Waals surface area (Å²) in [5, 5.41) is 3.73. The van der Waals surface area contributed by atoms with Gasteiger partial charge in [-0.25, -0.2) is 0 Å². The van der Waals surface area contributed by atoms with Crippen LogP contribution in [0, 0.1) is 5.41 Å². The van der Waals surface area contributed by atoms with Crippen LogP contribution in [0.5, 0.6) is 5.75 Å². The van der Waals surface area contributed by atoms with Crippen molar-refractivity contribution in [3.63, 3.8) is 0 Å². The molecule has 1 spiro atoms. The lowest BCUT2D eigenvalue weighted by Gasteiger charge is -2.32. The smallest absolute Gasteiger partial charge is 0.120 e. The molecule has 0 aromatic heterocycles. The first-order chi connectivity index (χ1) is 9.02. The fraction of sp³-hybridized carbons (Fsp3) is 0.625. The van der Waals surface area contributed by atoms with Gasteiger partial charge in [0, 0.05) is 42.3 Å². The van der Waals surface area contributed by atoms with Crippen molar-refractivity contribution in [1.82, 2.24) is 5.32 Å². The van der Waals surface area contributed by atoms with Crippen LogP contribution in [0.4, 0.5) is 5.69 Å². The number of methoxy groups -OCH3 is 1. The molecular formula is C16H24N2O. The summed E-state index contributed by atoms with van der Waals surface area (Å²) in [5.74, 6) is 0.942. The van der Waals surface area contributed by atoms with Crippen LogP contribution in [0.1, 0.15) is 26.7 Å². The summed E-state index contributed by atoms with van der Waals surface area (Å²) in [6.45, 7) is 7.95. The van der Waals surface area contributed by atoms with Crippen molar-refractivity contribution in [2.75, 3.05) is 31.6 Å². The van der Waals surface area contributed by atoms with E-state index in [1.165, 1.54) is 18.5 Å². The maximum Gasteiger partial charge on any atom is 0.120 e. The van der Waals surface area contributed by atoms with Crippen molar-refractivity contribution in [2.24, 2.45) is 5.41 Å². The Balaban J connectivity index is 1.88. The van der Waals surface area contributed by atoms with Gasteiger partial charge in [0.05, 0.1) is 7.11 Å². The average molecular weight is 260 g/mol. The fourth-order valence-electron chi connectivity index (χ4n) is 2.98. The summed E-state index contributed by atoms with van der Waals surface area (Å²) >= 11 is 0. The van der Waals surface area contributed by atoms with Gasteiger partial charge < -0.3 is 15.0 Å². The predicted octanol–water partition coefficient (Wildman–Crippen LogP) is 2.66. The van der Waals surface area contributed by atoms with E-state index in [9.17, 15) is 0 Å².